The van der Waals surface area contributed by atoms with Gasteiger partial charge in [-0.3, -0.25) is 4.68 Å². The fourth-order valence-electron chi connectivity index (χ4n) is 1.65. The van der Waals surface area contributed by atoms with Gasteiger partial charge in [0, 0.05) is 7.05 Å². The van der Waals surface area contributed by atoms with E-state index in [2.05, 4.69) is 31.0 Å². The quantitative estimate of drug-likeness (QED) is 0.730. The van der Waals surface area contributed by atoms with Crippen LogP contribution in [0.5, 0.6) is 11.6 Å². The van der Waals surface area contributed by atoms with Gasteiger partial charge in [-0.1, -0.05) is 12.1 Å². The molecular formula is C12H9BrN4O. The van der Waals surface area contributed by atoms with E-state index in [0.717, 1.165) is 15.5 Å². The van der Waals surface area contributed by atoms with Crippen LogP contribution in [-0.2, 0) is 7.05 Å². The third kappa shape index (κ3) is 1.84. The fourth-order valence-corrected chi connectivity index (χ4v) is 2.02. The maximum atomic E-state index is 5.78. The Morgan fingerprint density at radius 3 is 2.89 bits per heavy atom. The number of hydrogen-bond donors (Lipinski definition) is 0. The first-order valence-electron chi connectivity index (χ1n) is 5.31. The Labute approximate surface area is 112 Å². The van der Waals surface area contributed by atoms with Crippen molar-refractivity contribution in [3.63, 3.8) is 0 Å². The molecule has 0 aliphatic heterocycles. The van der Waals surface area contributed by atoms with Gasteiger partial charge in [-0.15, -0.1) is 0 Å². The summed E-state index contributed by atoms with van der Waals surface area (Å²) in [5.41, 5.74) is 0.743. The highest BCUT2D eigenvalue weighted by molar-refractivity contribution is 9.10. The van der Waals surface area contributed by atoms with E-state index >= 15 is 0 Å². The van der Waals surface area contributed by atoms with Crippen molar-refractivity contribution in [2.75, 3.05) is 0 Å². The summed E-state index contributed by atoms with van der Waals surface area (Å²) in [4.78, 5) is 8.31. The molecule has 18 heavy (non-hydrogen) atoms. The topological polar surface area (TPSA) is 52.8 Å². The average Bonchev–Trinajstić information content (AvgIpc) is 2.76. The van der Waals surface area contributed by atoms with Crippen molar-refractivity contribution in [1.82, 2.24) is 19.7 Å². The minimum Gasteiger partial charge on any atom is -0.437 e. The number of halogens is 1. The van der Waals surface area contributed by atoms with Gasteiger partial charge in [-0.05, 0) is 28.1 Å². The summed E-state index contributed by atoms with van der Waals surface area (Å²) in [6.45, 7) is 0. The Morgan fingerprint density at radius 1 is 1.22 bits per heavy atom. The lowest BCUT2D eigenvalue weighted by Gasteiger charge is -2.06. The van der Waals surface area contributed by atoms with Gasteiger partial charge in [0.25, 0.3) is 0 Å². The first-order valence-corrected chi connectivity index (χ1v) is 6.10. The first-order chi connectivity index (χ1) is 8.75. The van der Waals surface area contributed by atoms with Crippen molar-refractivity contribution < 1.29 is 4.74 Å². The van der Waals surface area contributed by atoms with Crippen molar-refractivity contribution in [3.05, 3.63) is 41.3 Å². The van der Waals surface area contributed by atoms with Crippen LogP contribution in [0.3, 0.4) is 0 Å². The third-order valence-electron chi connectivity index (χ3n) is 2.54. The van der Waals surface area contributed by atoms with E-state index in [-0.39, 0.29) is 0 Å². The maximum absolute atomic E-state index is 5.78. The Balaban J connectivity index is 2.08. The summed E-state index contributed by atoms with van der Waals surface area (Å²) in [5, 5.41) is 4.93. The highest BCUT2D eigenvalue weighted by Crippen LogP contribution is 2.31. The predicted octanol–water partition coefficient (Wildman–Crippen LogP) is 2.92. The van der Waals surface area contributed by atoms with Gasteiger partial charge in [-0.2, -0.15) is 5.10 Å². The summed E-state index contributed by atoms with van der Waals surface area (Å²) < 4.78 is 8.34. The molecule has 3 rings (SSSR count). The number of aryl methyl sites for hydroxylation is 1. The van der Waals surface area contributed by atoms with Crippen molar-refractivity contribution in [2.45, 2.75) is 0 Å². The predicted molar refractivity (Wildman–Crippen MR) is 70.5 cm³/mol. The van der Waals surface area contributed by atoms with Crippen LogP contribution in [0.15, 0.2) is 41.3 Å². The van der Waals surface area contributed by atoms with Crippen LogP contribution in [0, 0.1) is 0 Å². The fraction of sp³-hybridized carbons (Fsp3) is 0.0833. The van der Waals surface area contributed by atoms with Gasteiger partial charge in [0.15, 0.2) is 5.65 Å². The number of benzene rings is 1. The molecular weight excluding hydrogens is 296 g/mol. The number of para-hydroxylation sites is 1. The molecule has 5 nitrogen and oxygen atoms in total. The molecule has 0 aliphatic rings. The van der Waals surface area contributed by atoms with E-state index in [4.69, 9.17) is 4.74 Å². The average molecular weight is 305 g/mol. The lowest BCUT2D eigenvalue weighted by Crippen LogP contribution is -1.94. The van der Waals surface area contributed by atoms with Gasteiger partial charge in [0.05, 0.1) is 10.7 Å². The van der Waals surface area contributed by atoms with Crippen molar-refractivity contribution in [2.24, 2.45) is 7.05 Å². The highest BCUT2D eigenvalue weighted by atomic mass is 79.9. The molecule has 0 aliphatic carbocycles. The van der Waals surface area contributed by atoms with Crippen LogP contribution in [0.1, 0.15) is 0 Å². The second-order valence-electron chi connectivity index (χ2n) is 3.72. The molecule has 0 amide bonds. The number of hydrogen-bond acceptors (Lipinski definition) is 4. The zero-order valence-electron chi connectivity index (χ0n) is 9.54. The Hall–Kier alpha value is -1.95. The molecule has 0 saturated heterocycles. The second kappa shape index (κ2) is 4.38. The Kier molecular flexibility index (Phi) is 2.71. The second-order valence-corrected chi connectivity index (χ2v) is 4.57. The maximum Gasteiger partial charge on any atom is 0.233 e. The van der Waals surface area contributed by atoms with E-state index in [1.165, 1.54) is 6.33 Å². The molecule has 0 bridgehead atoms. The minimum absolute atomic E-state index is 0.500. The first kappa shape index (κ1) is 11.2. The lowest BCUT2D eigenvalue weighted by atomic mass is 10.3. The number of fused-ring (bicyclic) bond motifs is 1. The lowest BCUT2D eigenvalue weighted by molar-refractivity contribution is 0.465. The van der Waals surface area contributed by atoms with Crippen LogP contribution in [-0.4, -0.2) is 19.7 Å². The Bertz CT molecular complexity index is 710. The van der Waals surface area contributed by atoms with E-state index in [9.17, 15) is 0 Å². The molecule has 0 radical (unpaired) electrons. The van der Waals surface area contributed by atoms with E-state index < -0.39 is 0 Å². The third-order valence-corrected chi connectivity index (χ3v) is 3.19. The Morgan fingerprint density at radius 2 is 2.06 bits per heavy atom. The summed E-state index contributed by atoms with van der Waals surface area (Å²) >= 11 is 3.43. The molecule has 90 valence electrons. The number of ether oxygens (including phenoxy) is 1. The van der Waals surface area contributed by atoms with Gasteiger partial charge in [-0.25, -0.2) is 9.97 Å². The van der Waals surface area contributed by atoms with Crippen LogP contribution < -0.4 is 4.74 Å². The standard InChI is InChI=1S/C12H9BrN4O/c1-17-11-8(6-16-17)12(15-7-14-11)18-10-5-3-2-4-9(10)13/h2-7H,1H3. The largest absolute Gasteiger partial charge is 0.437 e. The van der Waals surface area contributed by atoms with Crippen molar-refractivity contribution >= 4 is 27.0 Å². The van der Waals surface area contributed by atoms with Crippen LogP contribution in [0.4, 0.5) is 0 Å². The molecule has 3 aromatic rings. The molecule has 0 unspecified atom stereocenters. The van der Waals surface area contributed by atoms with Gasteiger partial charge < -0.3 is 4.74 Å². The smallest absolute Gasteiger partial charge is 0.233 e. The summed E-state index contributed by atoms with van der Waals surface area (Å²) in [6.07, 6.45) is 3.16. The summed E-state index contributed by atoms with van der Waals surface area (Å²) in [7, 11) is 1.83. The molecule has 0 fully saturated rings. The number of rotatable bonds is 2. The monoisotopic (exact) mass is 304 g/mol. The van der Waals surface area contributed by atoms with E-state index in [1.807, 2.05) is 31.3 Å². The van der Waals surface area contributed by atoms with Crippen LogP contribution >= 0.6 is 15.9 Å². The number of aromatic nitrogens is 4. The molecule has 2 aromatic heterocycles. The SMILES string of the molecule is Cn1ncc2c(Oc3ccccc3Br)ncnc21. The van der Waals surface area contributed by atoms with Crippen LogP contribution in [0.2, 0.25) is 0 Å². The molecule has 0 N–H and O–H groups in total. The van der Waals surface area contributed by atoms with E-state index in [0.29, 0.717) is 11.6 Å². The molecule has 2 heterocycles. The molecule has 6 heteroatoms. The van der Waals surface area contributed by atoms with Crippen LogP contribution in [0.25, 0.3) is 11.0 Å². The van der Waals surface area contributed by atoms with Gasteiger partial charge in [0.2, 0.25) is 5.88 Å². The van der Waals surface area contributed by atoms with Crippen molar-refractivity contribution in [3.8, 4) is 11.6 Å². The zero-order valence-corrected chi connectivity index (χ0v) is 11.1. The number of nitrogens with zero attached hydrogens (tertiary/aromatic N) is 4. The molecule has 0 saturated carbocycles. The van der Waals surface area contributed by atoms with E-state index in [1.54, 1.807) is 10.9 Å². The van der Waals surface area contributed by atoms with Gasteiger partial charge >= 0.3 is 0 Å². The zero-order chi connectivity index (χ0) is 12.5. The normalized spacial score (nSPS) is 10.8. The van der Waals surface area contributed by atoms with Gasteiger partial charge in [0.1, 0.15) is 17.5 Å². The molecule has 0 atom stereocenters. The molecule has 0 spiro atoms. The highest BCUT2D eigenvalue weighted by Gasteiger charge is 2.10. The van der Waals surface area contributed by atoms with Crippen molar-refractivity contribution in [1.29, 1.82) is 0 Å². The minimum atomic E-state index is 0.500. The summed E-state index contributed by atoms with van der Waals surface area (Å²) in [5.74, 6) is 1.21. The molecule has 1 aromatic carbocycles. The summed E-state index contributed by atoms with van der Waals surface area (Å²) in [6, 6.07) is 7.61.